The molecule has 0 fully saturated rings. The summed E-state index contributed by atoms with van der Waals surface area (Å²) in [6.07, 6.45) is 0.416. The molecule has 0 aromatic heterocycles. The van der Waals surface area contributed by atoms with E-state index in [0.717, 1.165) is 15.4 Å². The molecule has 30 heavy (non-hydrogen) atoms. The fourth-order valence-electron chi connectivity index (χ4n) is 2.98. The minimum atomic E-state index is -3.82. The molecule has 1 atom stereocenters. The van der Waals surface area contributed by atoms with Crippen LogP contribution >= 0.6 is 11.6 Å². The number of hydrogen-bond acceptors (Lipinski definition) is 5. The van der Waals surface area contributed by atoms with Gasteiger partial charge in [-0.25, -0.2) is 8.42 Å². The number of carbonyl (C=O) groups is 2. The summed E-state index contributed by atoms with van der Waals surface area (Å²) in [4.78, 5) is 24.6. The molecule has 0 saturated heterocycles. The van der Waals surface area contributed by atoms with Crippen molar-refractivity contribution in [2.45, 2.75) is 18.2 Å². The van der Waals surface area contributed by atoms with E-state index < -0.39 is 34.3 Å². The number of aryl methyl sites for hydroxylation is 1. The second kappa shape index (κ2) is 9.03. The van der Waals surface area contributed by atoms with Crippen LogP contribution in [-0.4, -0.2) is 44.7 Å². The highest BCUT2D eigenvalue weighted by Gasteiger charge is 2.27. The molecule has 2 amide bonds. The number of benzene rings is 2. The standard InChI is InChI=1S/C20H22ClN3O5S/c1-13-3-6-17(7-4-13)30(27,28)24(2)11-19(25)22-23-20(26)15-9-14-10-16(21)5-8-18(14)29-12-15/h3-8,10,15H,9,11-12H2,1-2H3,(H,22,25)(H,23,26). The van der Waals surface area contributed by atoms with Crippen molar-refractivity contribution in [2.75, 3.05) is 20.2 Å². The van der Waals surface area contributed by atoms with E-state index in [1.807, 2.05) is 6.92 Å². The summed E-state index contributed by atoms with van der Waals surface area (Å²) in [5.41, 5.74) is 6.32. The Kier molecular flexibility index (Phi) is 6.64. The monoisotopic (exact) mass is 451 g/mol. The molecule has 8 nitrogen and oxygen atoms in total. The molecule has 1 aliphatic heterocycles. The van der Waals surface area contributed by atoms with Crippen molar-refractivity contribution < 1.29 is 22.7 Å². The average Bonchev–Trinajstić information content (AvgIpc) is 2.71. The van der Waals surface area contributed by atoms with Gasteiger partial charge in [0.15, 0.2) is 0 Å². The quantitative estimate of drug-likeness (QED) is 0.673. The van der Waals surface area contributed by atoms with Gasteiger partial charge in [-0.2, -0.15) is 4.31 Å². The van der Waals surface area contributed by atoms with Crippen LogP contribution in [0, 0.1) is 12.8 Å². The minimum Gasteiger partial charge on any atom is -0.492 e. The Balaban J connectivity index is 1.53. The van der Waals surface area contributed by atoms with Crippen molar-refractivity contribution in [1.29, 1.82) is 0 Å². The molecule has 0 radical (unpaired) electrons. The van der Waals surface area contributed by atoms with Crippen LogP contribution in [0.15, 0.2) is 47.4 Å². The summed E-state index contributed by atoms with van der Waals surface area (Å²) < 4.78 is 31.6. The first kappa shape index (κ1) is 22.1. The van der Waals surface area contributed by atoms with Gasteiger partial charge in [0.05, 0.1) is 17.4 Å². The highest BCUT2D eigenvalue weighted by Crippen LogP contribution is 2.29. The Labute approximate surface area is 180 Å². The number of rotatable bonds is 5. The largest absolute Gasteiger partial charge is 0.492 e. The number of carbonyl (C=O) groups excluding carboxylic acids is 2. The highest BCUT2D eigenvalue weighted by molar-refractivity contribution is 7.89. The van der Waals surface area contributed by atoms with Crippen molar-refractivity contribution in [3.63, 3.8) is 0 Å². The number of hydrazine groups is 1. The van der Waals surface area contributed by atoms with E-state index in [2.05, 4.69) is 10.9 Å². The Morgan fingerprint density at radius 1 is 1.17 bits per heavy atom. The van der Waals surface area contributed by atoms with E-state index >= 15 is 0 Å². The average molecular weight is 452 g/mol. The molecule has 2 N–H and O–H groups in total. The van der Waals surface area contributed by atoms with Crippen molar-refractivity contribution in [1.82, 2.24) is 15.2 Å². The molecule has 3 rings (SSSR count). The van der Waals surface area contributed by atoms with Gasteiger partial charge in [0.1, 0.15) is 12.4 Å². The molecule has 160 valence electrons. The van der Waals surface area contributed by atoms with E-state index in [4.69, 9.17) is 16.3 Å². The van der Waals surface area contributed by atoms with Gasteiger partial charge >= 0.3 is 0 Å². The maximum Gasteiger partial charge on any atom is 0.253 e. The SMILES string of the molecule is Cc1ccc(S(=O)(=O)N(C)CC(=O)NNC(=O)C2COc3ccc(Cl)cc3C2)cc1. The number of amides is 2. The van der Waals surface area contributed by atoms with Crippen LogP contribution in [0.1, 0.15) is 11.1 Å². The number of halogens is 1. The first-order chi connectivity index (χ1) is 14.2. The Morgan fingerprint density at radius 2 is 1.87 bits per heavy atom. The third-order valence-electron chi connectivity index (χ3n) is 4.72. The number of nitrogens with zero attached hydrogens (tertiary/aromatic N) is 1. The van der Waals surface area contributed by atoms with E-state index in [-0.39, 0.29) is 11.5 Å². The lowest BCUT2D eigenvalue weighted by atomic mass is 9.96. The van der Waals surface area contributed by atoms with Gasteiger partial charge in [-0.05, 0) is 49.2 Å². The summed E-state index contributed by atoms with van der Waals surface area (Å²) >= 11 is 5.98. The molecule has 10 heteroatoms. The molecule has 0 saturated carbocycles. The van der Waals surface area contributed by atoms with Gasteiger partial charge in [-0.1, -0.05) is 29.3 Å². The Bertz CT molecular complexity index is 1060. The van der Waals surface area contributed by atoms with E-state index in [1.54, 1.807) is 30.3 Å². The van der Waals surface area contributed by atoms with Gasteiger partial charge in [0.25, 0.3) is 5.91 Å². The highest BCUT2D eigenvalue weighted by atomic mass is 35.5. The Hall–Kier alpha value is -2.62. The van der Waals surface area contributed by atoms with Crippen LogP contribution in [0.25, 0.3) is 0 Å². The van der Waals surface area contributed by atoms with Gasteiger partial charge in [-0.3, -0.25) is 20.4 Å². The molecule has 2 aromatic rings. The van der Waals surface area contributed by atoms with Gasteiger partial charge in [0, 0.05) is 12.1 Å². The van der Waals surface area contributed by atoms with Crippen molar-refractivity contribution in [2.24, 2.45) is 5.92 Å². The number of nitrogens with one attached hydrogen (secondary N) is 2. The number of sulfonamides is 1. The van der Waals surface area contributed by atoms with Crippen molar-refractivity contribution in [3.05, 3.63) is 58.6 Å². The fraction of sp³-hybridized carbons (Fsp3) is 0.300. The molecule has 2 aromatic carbocycles. The summed E-state index contributed by atoms with van der Waals surface area (Å²) in [5.74, 6) is -0.930. The third kappa shape index (κ3) is 5.10. The Morgan fingerprint density at radius 3 is 2.57 bits per heavy atom. The van der Waals surface area contributed by atoms with Gasteiger partial charge in [0.2, 0.25) is 15.9 Å². The van der Waals surface area contributed by atoms with E-state index in [1.165, 1.54) is 19.2 Å². The third-order valence-corrected chi connectivity index (χ3v) is 6.77. The summed E-state index contributed by atoms with van der Waals surface area (Å²) in [6, 6.07) is 11.5. The molecule has 0 aliphatic carbocycles. The van der Waals surface area contributed by atoms with E-state index in [0.29, 0.717) is 17.2 Å². The molecule has 1 unspecified atom stereocenters. The fourth-order valence-corrected chi connectivity index (χ4v) is 4.30. The summed E-state index contributed by atoms with van der Waals surface area (Å²) in [6.45, 7) is 1.56. The molecule has 0 bridgehead atoms. The number of fused-ring (bicyclic) bond motifs is 1. The molecular formula is C20H22ClN3O5S. The van der Waals surface area contributed by atoms with Gasteiger partial charge < -0.3 is 4.74 Å². The first-order valence-corrected chi connectivity index (χ1v) is 11.0. The zero-order valence-electron chi connectivity index (χ0n) is 16.5. The normalized spacial score (nSPS) is 15.8. The van der Waals surface area contributed by atoms with Crippen LogP contribution in [-0.2, 0) is 26.0 Å². The molecule has 0 spiro atoms. The topological polar surface area (TPSA) is 105 Å². The minimum absolute atomic E-state index is 0.0871. The van der Waals surface area contributed by atoms with Crippen molar-refractivity contribution >= 4 is 33.4 Å². The smallest absolute Gasteiger partial charge is 0.253 e. The maximum atomic E-state index is 12.5. The van der Waals surface area contributed by atoms with Crippen LogP contribution in [0.4, 0.5) is 0 Å². The zero-order valence-corrected chi connectivity index (χ0v) is 18.1. The van der Waals surface area contributed by atoms with Crippen LogP contribution in [0.3, 0.4) is 0 Å². The number of ether oxygens (including phenoxy) is 1. The van der Waals surface area contributed by atoms with E-state index in [9.17, 15) is 18.0 Å². The van der Waals surface area contributed by atoms with Crippen LogP contribution < -0.4 is 15.6 Å². The lowest BCUT2D eigenvalue weighted by Crippen LogP contribution is -2.50. The predicted molar refractivity (Wildman–Crippen MR) is 111 cm³/mol. The lowest BCUT2D eigenvalue weighted by Gasteiger charge is -2.25. The number of hydrogen-bond donors (Lipinski definition) is 2. The zero-order chi connectivity index (χ0) is 21.9. The van der Waals surface area contributed by atoms with Crippen LogP contribution in [0.2, 0.25) is 5.02 Å². The number of likely N-dealkylation sites (N-methyl/N-ethyl adjacent to an activating group) is 1. The van der Waals surface area contributed by atoms with Gasteiger partial charge in [-0.15, -0.1) is 0 Å². The lowest BCUT2D eigenvalue weighted by molar-refractivity contribution is -0.132. The second-order valence-electron chi connectivity index (χ2n) is 7.08. The summed E-state index contributed by atoms with van der Waals surface area (Å²) in [7, 11) is -2.52. The van der Waals surface area contributed by atoms with Crippen molar-refractivity contribution in [3.8, 4) is 5.75 Å². The van der Waals surface area contributed by atoms with Crippen LogP contribution in [0.5, 0.6) is 5.75 Å². The molecule has 1 aliphatic rings. The maximum absolute atomic E-state index is 12.5. The first-order valence-electron chi connectivity index (χ1n) is 9.20. The summed E-state index contributed by atoms with van der Waals surface area (Å²) in [5, 5.41) is 0.546. The molecule has 1 heterocycles. The molecular weight excluding hydrogens is 430 g/mol. The second-order valence-corrected chi connectivity index (χ2v) is 9.56. The predicted octanol–water partition coefficient (Wildman–Crippen LogP) is 1.67.